The highest BCUT2D eigenvalue weighted by Gasteiger charge is 2.14. The van der Waals surface area contributed by atoms with E-state index in [1.165, 1.54) is 0 Å². The van der Waals surface area contributed by atoms with Crippen LogP contribution in [-0.4, -0.2) is 17.1 Å². The Morgan fingerprint density at radius 3 is 2.50 bits per heavy atom. The number of carbonyl (C=O) groups excluding carboxylic acids is 1. The fraction of sp³-hybridized carbons (Fsp3) is 0.176. The number of para-hydroxylation sites is 1. The van der Waals surface area contributed by atoms with Gasteiger partial charge in [0, 0.05) is 5.69 Å². The van der Waals surface area contributed by atoms with Gasteiger partial charge in [0.15, 0.2) is 5.11 Å². The second-order valence-electron chi connectivity index (χ2n) is 5.20. The highest BCUT2D eigenvalue weighted by atomic mass is 35.5. The lowest BCUT2D eigenvalue weighted by Crippen LogP contribution is -2.34. The standard InChI is InChI=1S/C17H16Cl2N2O2S/c1-10(2)23-15-6-4-3-5-12(15)16(22)21-17(24)20-11-7-8-13(18)14(19)9-11/h3-10H,1-2H3,(H2,20,21,22,24). The van der Waals surface area contributed by atoms with Gasteiger partial charge < -0.3 is 10.1 Å². The molecular weight excluding hydrogens is 367 g/mol. The van der Waals surface area contributed by atoms with E-state index in [2.05, 4.69) is 10.6 Å². The molecule has 0 radical (unpaired) electrons. The van der Waals surface area contributed by atoms with Crippen LogP contribution < -0.4 is 15.4 Å². The fourth-order valence-corrected chi connectivity index (χ4v) is 2.43. The molecule has 0 aliphatic heterocycles. The number of anilines is 1. The third-order valence-electron chi connectivity index (χ3n) is 2.90. The summed E-state index contributed by atoms with van der Waals surface area (Å²) in [6.07, 6.45) is -0.0414. The Balaban J connectivity index is 2.06. The molecule has 0 aliphatic carbocycles. The topological polar surface area (TPSA) is 50.4 Å². The van der Waals surface area contributed by atoms with Crippen LogP contribution in [0.25, 0.3) is 0 Å². The predicted molar refractivity (Wildman–Crippen MR) is 102 cm³/mol. The van der Waals surface area contributed by atoms with Crippen LogP contribution in [0.2, 0.25) is 10.0 Å². The number of carbonyl (C=O) groups is 1. The SMILES string of the molecule is CC(C)Oc1ccccc1C(=O)NC(=S)Nc1ccc(Cl)c(Cl)c1. The zero-order chi connectivity index (χ0) is 17.7. The molecule has 2 aromatic carbocycles. The van der Waals surface area contributed by atoms with Crippen LogP contribution >= 0.6 is 35.4 Å². The molecular formula is C17H16Cl2N2O2S. The number of halogens is 2. The van der Waals surface area contributed by atoms with Gasteiger partial charge in [-0.05, 0) is 56.4 Å². The van der Waals surface area contributed by atoms with E-state index in [-0.39, 0.29) is 17.1 Å². The quantitative estimate of drug-likeness (QED) is 0.737. The summed E-state index contributed by atoms with van der Waals surface area (Å²) >= 11 is 17.0. The summed E-state index contributed by atoms with van der Waals surface area (Å²) in [5.74, 6) is 0.145. The van der Waals surface area contributed by atoms with Crippen molar-refractivity contribution in [3.63, 3.8) is 0 Å². The van der Waals surface area contributed by atoms with Crippen LogP contribution in [0.5, 0.6) is 5.75 Å². The summed E-state index contributed by atoms with van der Waals surface area (Å²) in [6, 6.07) is 12.0. The number of nitrogens with one attached hydrogen (secondary N) is 2. The zero-order valence-electron chi connectivity index (χ0n) is 13.1. The number of ether oxygens (including phenoxy) is 1. The van der Waals surface area contributed by atoms with Gasteiger partial charge in [-0.2, -0.15) is 0 Å². The Morgan fingerprint density at radius 2 is 1.83 bits per heavy atom. The van der Waals surface area contributed by atoms with E-state index in [1.54, 1.807) is 42.5 Å². The minimum Gasteiger partial charge on any atom is -0.490 e. The minimum absolute atomic E-state index is 0.0414. The first-order valence-electron chi connectivity index (χ1n) is 7.20. The number of hydrogen-bond donors (Lipinski definition) is 2. The minimum atomic E-state index is -0.358. The highest BCUT2D eigenvalue weighted by molar-refractivity contribution is 7.80. The van der Waals surface area contributed by atoms with Gasteiger partial charge in [0.2, 0.25) is 0 Å². The normalized spacial score (nSPS) is 10.4. The third-order valence-corrected chi connectivity index (χ3v) is 3.84. The van der Waals surface area contributed by atoms with Gasteiger partial charge in [0.25, 0.3) is 5.91 Å². The van der Waals surface area contributed by atoms with Gasteiger partial charge >= 0.3 is 0 Å². The molecule has 0 spiro atoms. The lowest BCUT2D eigenvalue weighted by atomic mass is 10.2. The van der Waals surface area contributed by atoms with Crippen molar-refractivity contribution in [2.45, 2.75) is 20.0 Å². The molecule has 0 unspecified atom stereocenters. The summed E-state index contributed by atoms with van der Waals surface area (Å²) in [4.78, 5) is 12.4. The van der Waals surface area contributed by atoms with Gasteiger partial charge in [0.1, 0.15) is 5.75 Å². The van der Waals surface area contributed by atoms with Gasteiger partial charge in [-0.3, -0.25) is 10.1 Å². The Labute approximate surface area is 156 Å². The second kappa shape index (κ2) is 8.33. The summed E-state index contributed by atoms with van der Waals surface area (Å²) in [6.45, 7) is 3.79. The van der Waals surface area contributed by atoms with Crippen molar-refractivity contribution in [1.82, 2.24) is 5.32 Å². The summed E-state index contributed by atoms with van der Waals surface area (Å²) < 4.78 is 5.64. The van der Waals surface area contributed by atoms with E-state index in [0.717, 1.165) is 0 Å². The Morgan fingerprint density at radius 1 is 1.12 bits per heavy atom. The predicted octanol–water partition coefficient (Wildman–Crippen LogP) is 4.91. The maximum absolute atomic E-state index is 12.4. The van der Waals surface area contributed by atoms with Crippen LogP contribution in [0.15, 0.2) is 42.5 Å². The summed E-state index contributed by atoms with van der Waals surface area (Å²) in [7, 11) is 0. The van der Waals surface area contributed by atoms with Gasteiger partial charge in [-0.1, -0.05) is 35.3 Å². The number of benzene rings is 2. The van der Waals surface area contributed by atoms with E-state index in [4.69, 9.17) is 40.2 Å². The van der Waals surface area contributed by atoms with Crippen molar-refractivity contribution >= 4 is 52.1 Å². The van der Waals surface area contributed by atoms with Crippen LogP contribution in [-0.2, 0) is 0 Å². The lowest BCUT2D eigenvalue weighted by molar-refractivity contribution is 0.0972. The highest BCUT2D eigenvalue weighted by Crippen LogP contribution is 2.25. The van der Waals surface area contributed by atoms with Gasteiger partial charge in [-0.25, -0.2) is 0 Å². The molecule has 4 nitrogen and oxygen atoms in total. The Kier molecular flexibility index (Phi) is 6.43. The van der Waals surface area contributed by atoms with E-state index >= 15 is 0 Å². The van der Waals surface area contributed by atoms with Crippen LogP contribution in [0.1, 0.15) is 24.2 Å². The van der Waals surface area contributed by atoms with E-state index in [9.17, 15) is 4.79 Å². The van der Waals surface area contributed by atoms with Crippen molar-refractivity contribution in [3.8, 4) is 5.75 Å². The zero-order valence-corrected chi connectivity index (χ0v) is 15.4. The van der Waals surface area contributed by atoms with Crippen molar-refractivity contribution in [3.05, 3.63) is 58.1 Å². The van der Waals surface area contributed by atoms with E-state index in [1.807, 2.05) is 13.8 Å². The van der Waals surface area contributed by atoms with Crippen LogP contribution in [0.4, 0.5) is 5.69 Å². The molecule has 0 fully saturated rings. The number of thiocarbonyl (C=S) groups is 1. The molecule has 0 bridgehead atoms. The van der Waals surface area contributed by atoms with E-state index < -0.39 is 0 Å². The first kappa shape index (κ1) is 18.5. The molecule has 126 valence electrons. The number of amides is 1. The van der Waals surface area contributed by atoms with Crippen molar-refractivity contribution in [2.75, 3.05) is 5.32 Å². The maximum atomic E-state index is 12.4. The molecule has 0 saturated carbocycles. The molecule has 0 aromatic heterocycles. The first-order chi connectivity index (χ1) is 11.4. The molecule has 7 heteroatoms. The smallest absolute Gasteiger partial charge is 0.261 e. The monoisotopic (exact) mass is 382 g/mol. The maximum Gasteiger partial charge on any atom is 0.261 e. The molecule has 1 amide bonds. The molecule has 0 heterocycles. The average Bonchev–Trinajstić information content (AvgIpc) is 2.50. The number of hydrogen-bond acceptors (Lipinski definition) is 3. The van der Waals surface area contributed by atoms with Crippen molar-refractivity contribution in [1.29, 1.82) is 0 Å². The van der Waals surface area contributed by atoms with E-state index in [0.29, 0.717) is 27.0 Å². The Hall–Kier alpha value is -1.82. The van der Waals surface area contributed by atoms with Gasteiger partial charge in [0.05, 0.1) is 21.7 Å². The molecule has 0 aliphatic rings. The third kappa shape index (κ3) is 5.09. The Bertz CT molecular complexity index is 766. The molecule has 24 heavy (non-hydrogen) atoms. The second-order valence-corrected chi connectivity index (χ2v) is 6.42. The molecule has 0 atom stereocenters. The van der Waals surface area contributed by atoms with Crippen molar-refractivity contribution < 1.29 is 9.53 Å². The first-order valence-corrected chi connectivity index (χ1v) is 8.36. The summed E-state index contributed by atoms with van der Waals surface area (Å²) in [5.41, 5.74) is 1.03. The number of rotatable bonds is 4. The largest absolute Gasteiger partial charge is 0.490 e. The molecule has 0 saturated heterocycles. The van der Waals surface area contributed by atoms with Gasteiger partial charge in [-0.15, -0.1) is 0 Å². The van der Waals surface area contributed by atoms with Crippen LogP contribution in [0.3, 0.4) is 0 Å². The van der Waals surface area contributed by atoms with Crippen molar-refractivity contribution in [2.24, 2.45) is 0 Å². The molecule has 2 N–H and O–H groups in total. The lowest BCUT2D eigenvalue weighted by Gasteiger charge is -2.15. The molecule has 2 rings (SSSR count). The molecule has 2 aromatic rings. The summed E-state index contributed by atoms with van der Waals surface area (Å²) in [5, 5.41) is 6.49. The van der Waals surface area contributed by atoms with Crippen LogP contribution in [0, 0.1) is 0 Å². The fourth-order valence-electron chi connectivity index (χ4n) is 1.92. The average molecular weight is 383 g/mol.